The number of thiophene rings is 1. The first kappa shape index (κ1) is 24.6. The molecule has 1 atom stereocenters. The molecule has 180 valence electrons. The molecule has 1 unspecified atom stereocenters. The van der Waals surface area contributed by atoms with Gasteiger partial charge in [-0.05, 0) is 67.1 Å². The molecule has 11 heteroatoms. The molecule has 0 fully saturated rings. The van der Waals surface area contributed by atoms with Gasteiger partial charge in [-0.1, -0.05) is 35.9 Å². The summed E-state index contributed by atoms with van der Waals surface area (Å²) in [5, 5.41) is 2.78. The Hall–Kier alpha value is -2.56. The highest BCUT2D eigenvalue weighted by atomic mass is 35.5. The summed E-state index contributed by atoms with van der Waals surface area (Å²) in [6, 6.07) is 11.8. The summed E-state index contributed by atoms with van der Waals surface area (Å²) in [6.07, 6.45) is -2.36. The molecule has 0 radical (unpaired) electrons. The van der Waals surface area contributed by atoms with Crippen LogP contribution in [0.1, 0.15) is 38.3 Å². The number of aryl methyl sites for hydroxylation is 2. The van der Waals surface area contributed by atoms with E-state index in [1.54, 1.807) is 0 Å². The summed E-state index contributed by atoms with van der Waals surface area (Å²) in [7, 11) is -4.28. The second-order valence-corrected chi connectivity index (χ2v) is 11.4. The van der Waals surface area contributed by atoms with E-state index in [1.807, 2.05) is 18.2 Å². The lowest BCUT2D eigenvalue weighted by Crippen LogP contribution is -2.38. The fourth-order valence-corrected chi connectivity index (χ4v) is 6.79. The molecule has 1 aliphatic rings. The van der Waals surface area contributed by atoms with Crippen LogP contribution in [0.5, 0.6) is 0 Å². The quantitative estimate of drug-likeness (QED) is 0.438. The molecular formula is C23H20ClF3N2O3S2. The van der Waals surface area contributed by atoms with Gasteiger partial charge in [-0.2, -0.15) is 13.2 Å². The Morgan fingerprint density at radius 3 is 2.53 bits per heavy atom. The predicted molar refractivity (Wildman–Crippen MR) is 126 cm³/mol. The Bertz CT molecular complexity index is 1350. The topological polar surface area (TPSA) is 75.3 Å². The van der Waals surface area contributed by atoms with Crippen LogP contribution in [0.3, 0.4) is 0 Å². The number of amides is 1. The van der Waals surface area contributed by atoms with E-state index in [2.05, 4.69) is 16.1 Å². The fraction of sp³-hybridized carbons (Fsp3) is 0.261. The summed E-state index contributed by atoms with van der Waals surface area (Å²) in [5.74, 6) is -0.393. The van der Waals surface area contributed by atoms with E-state index in [1.165, 1.54) is 24.1 Å². The van der Waals surface area contributed by atoms with Crippen molar-refractivity contribution in [2.45, 2.75) is 42.6 Å². The van der Waals surface area contributed by atoms with Gasteiger partial charge in [0.15, 0.2) is 0 Å². The van der Waals surface area contributed by atoms with Crippen LogP contribution in [0.25, 0.3) is 0 Å². The van der Waals surface area contributed by atoms with Gasteiger partial charge in [0, 0.05) is 6.04 Å². The Morgan fingerprint density at radius 1 is 1.12 bits per heavy atom. The van der Waals surface area contributed by atoms with Gasteiger partial charge in [0.2, 0.25) is 0 Å². The molecule has 0 spiro atoms. The number of rotatable bonds is 5. The zero-order valence-corrected chi connectivity index (χ0v) is 20.3. The lowest BCUT2D eigenvalue weighted by Gasteiger charge is -2.25. The number of halogens is 4. The van der Waals surface area contributed by atoms with Crippen molar-refractivity contribution in [3.05, 3.63) is 80.7 Å². The molecule has 2 aromatic carbocycles. The Labute approximate surface area is 204 Å². The SMILES string of the molecule is Cc1cc(C(=O)NC2CCc3ccccc3C2)sc1S(=O)(=O)Nc1cc(C(F)(F)F)ccc1Cl. The minimum Gasteiger partial charge on any atom is -0.348 e. The van der Waals surface area contributed by atoms with Crippen molar-refractivity contribution in [1.29, 1.82) is 0 Å². The van der Waals surface area contributed by atoms with E-state index in [4.69, 9.17) is 11.6 Å². The zero-order chi connectivity index (χ0) is 24.7. The van der Waals surface area contributed by atoms with E-state index in [0.717, 1.165) is 36.3 Å². The smallest absolute Gasteiger partial charge is 0.348 e. The molecule has 1 amide bonds. The highest BCUT2D eigenvalue weighted by molar-refractivity contribution is 7.94. The number of alkyl halides is 3. The second kappa shape index (κ2) is 9.24. The average molecular weight is 529 g/mol. The number of sulfonamides is 1. The van der Waals surface area contributed by atoms with Crippen molar-refractivity contribution in [3.63, 3.8) is 0 Å². The number of nitrogens with one attached hydrogen (secondary N) is 2. The summed E-state index contributed by atoms with van der Waals surface area (Å²) < 4.78 is 66.9. The standard InChI is InChI=1S/C23H20ClF3N2O3S2/c1-13-10-20(21(30)28-17-8-6-14-4-2-3-5-15(14)11-17)33-22(13)34(31,32)29-19-12-16(23(25,26)27)7-9-18(19)24/h2-5,7,9-10,12,17,29H,6,8,11H2,1H3,(H,28,30). The van der Waals surface area contributed by atoms with E-state index in [-0.39, 0.29) is 20.2 Å². The summed E-state index contributed by atoms with van der Waals surface area (Å²) >= 11 is 6.68. The van der Waals surface area contributed by atoms with E-state index in [9.17, 15) is 26.4 Å². The van der Waals surface area contributed by atoms with Crippen molar-refractivity contribution in [2.24, 2.45) is 0 Å². The molecular weight excluding hydrogens is 509 g/mol. The third-order valence-electron chi connectivity index (χ3n) is 5.56. The van der Waals surface area contributed by atoms with Crippen molar-refractivity contribution >= 4 is 44.6 Å². The minimum atomic E-state index is -4.66. The van der Waals surface area contributed by atoms with Gasteiger partial charge in [0.05, 0.1) is 21.2 Å². The summed E-state index contributed by atoms with van der Waals surface area (Å²) in [4.78, 5) is 13.0. The van der Waals surface area contributed by atoms with Crippen molar-refractivity contribution in [2.75, 3.05) is 4.72 Å². The van der Waals surface area contributed by atoms with Gasteiger partial charge in [0.1, 0.15) is 4.21 Å². The monoisotopic (exact) mass is 528 g/mol. The summed E-state index contributed by atoms with van der Waals surface area (Å²) in [6.45, 7) is 1.52. The molecule has 0 saturated carbocycles. The van der Waals surface area contributed by atoms with E-state index < -0.39 is 33.4 Å². The van der Waals surface area contributed by atoms with Gasteiger partial charge in [-0.3, -0.25) is 9.52 Å². The number of hydrogen-bond acceptors (Lipinski definition) is 4. The molecule has 4 rings (SSSR count). The Kier molecular flexibility index (Phi) is 6.67. The predicted octanol–water partition coefficient (Wildman–Crippen LogP) is 5.82. The van der Waals surface area contributed by atoms with Crippen LogP contribution in [0, 0.1) is 6.92 Å². The van der Waals surface area contributed by atoms with Crippen LogP contribution in [0.2, 0.25) is 5.02 Å². The first-order valence-electron chi connectivity index (χ1n) is 10.3. The minimum absolute atomic E-state index is 0.0769. The molecule has 5 nitrogen and oxygen atoms in total. The van der Waals surface area contributed by atoms with Gasteiger partial charge < -0.3 is 5.32 Å². The molecule has 3 aromatic rings. The number of fused-ring (bicyclic) bond motifs is 1. The molecule has 0 aliphatic heterocycles. The largest absolute Gasteiger partial charge is 0.416 e. The van der Waals surface area contributed by atoms with Crippen LogP contribution in [-0.2, 0) is 29.0 Å². The van der Waals surface area contributed by atoms with Crippen LogP contribution in [0.4, 0.5) is 18.9 Å². The van der Waals surface area contributed by atoms with Gasteiger partial charge in [-0.25, -0.2) is 8.42 Å². The Balaban J connectivity index is 1.52. The van der Waals surface area contributed by atoms with Gasteiger partial charge in [0.25, 0.3) is 15.9 Å². The lowest BCUT2D eigenvalue weighted by atomic mass is 9.88. The maximum atomic E-state index is 13.0. The molecule has 1 aromatic heterocycles. The maximum Gasteiger partial charge on any atom is 0.416 e. The second-order valence-electron chi connectivity index (χ2n) is 8.06. The maximum absolute atomic E-state index is 13.0. The van der Waals surface area contributed by atoms with Crippen LogP contribution in [-0.4, -0.2) is 20.4 Å². The van der Waals surface area contributed by atoms with E-state index >= 15 is 0 Å². The number of anilines is 1. The van der Waals surface area contributed by atoms with Crippen molar-refractivity contribution in [3.8, 4) is 0 Å². The highest BCUT2D eigenvalue weighted by Gasteiger charge is 2.32. The number of carbonyl (C=O) groups is 1. The molecule has 0 bridgehead atoms. The van der Waals surface area contributed by atoms with Gasteiger partial charge in [-0.15, -0.1) is 11.3 Å². The third-order valence-corrected chi connectivity index (χ3v) is 9.13. The lowest BCUT2D eigenvalue weighted by molar-refractivity contribution is -0.137. The molecule has 0 saturated heterocycles. The Morgan fingerprint density at radius 2 is 1.82 bits per heavy atom. The first-order valence-corrected chi connectivity index (χ1v) is 13.0. The average Bonchev–Trinajstić information content (AvgIpc) is 3.17. The fourth-order valence-electron chi connectivity index (χ4n) is 3.89. The number of carbonyl (C=O) groups excluding carboxylic acids is 1. The normalized spacial score (nSPS) is 16.1. The number of benzene rings is 2. The van der Waals surface area contributed by atoms with E-state index in [0.29, 0.717) is 18.1 Å². The summed E-state index contributed by atoms with van der Waals surface area (Å²) in [5.41, 5.74) is 1.31. The number of hydrogen-bond donors (Lipinski definition) is 2. The van der Waals surface area contributed by atoms with Crippen molar-refractivity contribution < 1.29 is 26.4 Å². The highest BCUT2D eigenvalue weighted by Crippen LogP contribution is 2.36. The molecule has 1 aliphatic carbocycles. The first-order chi connectivity index (χ1) is 15.9. The molecule has 34 heavy (non-hydrogen) atoms. The van der Waals surface area contributed by atoms with Crippen LogP contribution >= 0.6 is 22.9 Å². The third kappa shape index (κ3) is 5.24. The van der Waals surface area contributed by atoms with Crippen LogP contribution in [0.15, 0.2) is 52.7 Å². The van der Waals surface area contributed by atoms with Crippen molar-refractivity contribution in [1.82, 2.24) is 5.32 Å². The molecule has 2 N–H and O–H groups in total. The zero-order valence-electron chi connectivity index (χ0n) is 17.9. The molecule has 1 heterocycles. The van der Waals surface area contributed by atoms with Crippen LogP contribution < -0.4 is 10.0 Å². The van der Waals surface area contributed by atoms with Gasteiger partial charge >= 0.3 is 6.18 Å².